The van der Waals surface area contributed by atoms with Crippen molar-refractivity contribution in [3.8, 4) is 0 Å². The van der Waals surface area contributed by atoms with E-state index in [1.165, 1.54) is 0 Å². The number of carbonyl (C=O) groups is 2. The number of nitrogens with one attached hydrogen (secondary N) is 2. The van der Waals surface area contributed by atoms with Gasteiger partial charge in [-0.25, -0.2) is 4.79 Å². The lowest BCUT2D eigenvalue weighted by atomic mass is 10.3. The maximum Gasteiger partial charge on any atom is 0.404 e. The molecule has 0 spiro atoms. The Morgan fingerprint density at radius 3 is 2.56 bits per heavy atom. The molecule has 0 atom stereocenters. The number of amides is 2. The summed E-state index contributed by atoms with van der Waals surface area (Å²) in [6.45, 7) is 1.06. The Labute approximate surface area is 92.6 Å². The third kappa shape index (κ3) is 10.1. The van der Waals surface area contributed by atoms with Crippen molar-refractivity contribution in [3.05, 3.63) is 10.4 Å². The highest BCUT2D eigenvalue weighted by atomic mass is 16.4. The number of carbonyl (C=O) groups excluding carboxylic acids is 1. The zero-order valence-electron chi connectivity index (χ0n) is 8.85. The van der Waals surface area contributed by atoms with E-state index in [1.54, 1.807) is 0 Å². The van der Waals surface area contributed by atoms with Gasteiger partial charge in [0.2, 0.25) is 5.91 Å². The van der Waals surface area contributed by atoms with E-state index in [0.717, 1.165) is 0 Å². The van der Waals surface area contributed by atoms with Crippen molar-refractivity contribution in [3.63, 3.8) is 0 Å². The van der Waals surface area contributed by atoms with Gasteiger partial charge in [0.1, 0.15) is 0 Å². The predicted octanol–water partition coefficient (Wildman–Crippen LogP) is 0.851. The molecule has 0 saturated heterocycles. The van der Waals surface area contributed by atoms with Gasteiger partial charge in [0.15, 0.2) is 0 Å². The molecule has 0 aromatic rings. The average molecular weight is 229 g/mol. The van der Waals surface area contributed by atoms with Crippen LogP contribution in [-0.2, 0) is 4.79 Å². The number of nitrogens with zero attached hydrogens (tertiary/aromatic N) is 3. The molecule has 0 heterocycles. The van der Waals surface area contributed by atoms with Crippen molar-refractivity contribution >= 4 is 12.0 Å². The Morgan fingerprint density at radius 2 is 1.94 bits per heavy atom. The van der Waals surface area contributed by atoms with Crippen LogP contribution >= 0.6 is 0 Å². The minimum atomic E-state index is -1.07. The first-order valence-electron chi connectivity index (χ1n) is 4.91. The molecule has 90 valence electrons. The second kappa shape index (κ2) is 9.60. The van der Waals surface area contributed by atoms with Crippen LogP contribution in [-0.4, -0.2) is 36.7 Å². The number of azide groups is 1. The summed E-state index contributed by atoms with van der Waals surface area (Å²) >= 11 is 0. The summed E-state index contributed by atoms with van der Waals surface area (Å²) in [4.78, 5) is 23.7. The van der Waals surface area contributed by atoms with Crippen molar-refractivity contribution in [2.45, 2.75) is 19.3 Å². The lowest BCUT2D eigenvalue weighted by Gasteiger charge is -2.04. The lowest BCUT2D eigenvalue weighted by Crippen LogP contribution is -2.28. The highest BCUT2D eigenvalue weighted by Gasteiger charge is 1.99. The van der Waals surface area contributed by atoms with Crippen LogP contribution in [0.25, 0.3) is 10.4 Å². The van der Waals surface area contributed by atoms with Gasteiger partial charge in [-0.1, -0.05) is 5.11 Å². The molecule has 0 saturated carbocycles. The molecule has 8 heteroatoms. The Kier molecular flexibility index (Phi) is 8.43. The minimum Gasteiger partial charge on any atom is -0.465 e. The van der Waals surface area contributed by atoms with Crippen molar-refractivity contribution in [1.29, 1.82) is 0 Å². The minimum absolute atomic E-state index is 0.122. The summed E-state index contributed by atoms with van der Waals surface area (Å²) in [5.41, 5.74) is 7.98. The molecule has 0 aliphatic rings. The largest absolute Gasteiger partial charge is 0.465 e. The molecule has 0 fully saturated rings. The van der Waals surface area contributed by atoms with Gasteiger partial charge in [-0.3, -0.25) is 4.79 Å². The fourth-order valence-corrected chi connectivity index (χ4v) is 0.955. The topological polar surface area (TPSA) is 127 Å². The Morgan fingerprint density at radius 1 is 1.25 bits per heavy atom. The molecule has 0 radical (unpaired) electrons. The van der Waals surface area contributed by atoms with Gasteiger partial charge in [-0.2, -0.15) is 0 Å². The monoisotopic (exact) mass is 229 g/mol. The molecule has 0 aliphatic heterocycles. The molecule has 3 N–H and O–H groups in total. The Balaban J connectivity index is 3.30. The van der Waals surface area contributed by atoms with Crippen molar-refractivity contribution in [2.75, 3.05) is 19.6 Å². The first kappa shape index (κ1) is 14.1. The van der Waals surface area contributed by atoms with Gasteiger partial charge < -0.3 is 15.7 Å². The van der Waals surface area contributed by atoms with Gasteiger partial charge >= 0.3 is 6.09 Å². The SMILES string of the molecule is [N-]=[N+]=NCCCC(=O)NCCCNC(=O)O. The zero-order valence-corrected chi connectivity index (χ0v) is 8.85. The number of hydrogen-bond acceptors (Lipinski definition) is 3. The predicted molar refractivity (Wildman–Crippen MR) is 56.9 cm³/mol. The molecule has 16 heavy (non-hydrogen) atoms. The molecule has 0 unspecified atom stereocenters. The number of hydrogen-bond donors (Lipinski definition) is 3. The van der Waals surface area contributed by atoms with E-state index >= 15 is 0 Å². The summed E-state index contributed by atoms with van der Waals surface area (Å²) in [5.74, 6) is -0.122. The van der Waals surface area contributed by atoms with Crippen LogP contribution in [0.1, 0.15) is 19.3 Å². The van der Waals surface area contributed by atoms with E-state index in [1.807, 2.05) is 0 Å². The first-order valence-corrected chi connectivity index (χ1v) is 4.91. The standard InChI is InChI=1S/C8H15N5O3/c9-13-12-6-1-3-7(14)10-4-2-5-11-8(15)16/h11H,1-6H2,(H,10,14)(H,15,16). The van der Waals surface area contributed by atoms with Gasteiger partial charge in [0.25, 0.3) is 0 Å². The van der Waals surface area contributed by atoms with Crippen LogP contribution < -0.4 is 10.6 Å². The van der Waals surface area contributed by atoms with Crippen LogP contribution in [0.5, 0.6) is 0 Å². The molecular weight excluding hydrogens is 214 g/mol. The van der Waals surface area contributed by atoms with E-state index in [-0.39, 0.29) is 5.91 Å². The maximum atomic E-state index is 11.1. The van der Waals surface area contributed by atoms with Crippen LogP contribution in [0.3, 0.4) is 0 Å². The maximum absolute atomic E-state index is 11.1. The normalized spacial score (nSPS) is 9.00. The first-order chi connectivity index (χ1) is 7.66. The summed E-state index contributed by atoms with van der Waals surface area (Å²) < 4.78 is 0. The van der Waals surface area contributed by atoms with Crippen LogP contribution in [0, 0.1) is 0 Å². The average Bonchev–Trinajstić information content (AvgIpc) is 2.23. The van der Waals surface area contributed by atoms with E-state index in [0.29, 0.717) is 38.9 Å². The summed E-state index contributed by atoms with van der Waals surface area (Å²) in [6, 6.07) is 0. The molecular formula is C8H15N5O3. The molecule has 0 bridgehead atoms. The van der Waals surface area contributed by atoms with Crippen LogP contribution in [0.2, 0.25) is 0 Å². The van der Waals surface area contributed by atoms with Gasteiger partial charge in [0, 0.05) is 31.0 Å². The van der Waals surface area contributed by atoms with Crippen LogP contribution in [0.4, 0.5) is 4.79 Å². The Hall–Kier alpha value is -1.95. The smallest absolute Gasteiger partial charge is 0.404 e. The van der Waals surface area contributed by atoms with E-state index in [9.17, 15) is 9.59 Å². The van der Waals surface area contributed by atoms with E-state index in [4.69, 9.17) is 10.6 Å². The van der Waals surface area contributed by atoms with Crippen LogP contribution in [0.15, 0.2) is 5.11 Å². The zero-order chi connectivity index (χ0) is 12.2. The van der Waals surface area contributed by atoms with Crippen molar-refractivity contribution < 1.29 is 14.7 Å². The third-order valence-corrected chi connectivity index (χ3v) is 1.68. The van der Waals surface area contributed by atoms with Crippen molar-refractivity contribution in [2.24, 2.45) is 5.11 Å². The quantitative estimate of drug-likeness (QED) is 0.247. The van der Waals surface area contributed by atoms with Gasteiger partial charge in [-0.05, 0) is 18.4 Å². The molecule has 0 aromatic carbocycles. The Bertz CT molecular complexity index is 275. The fourth-order valence-electron chi connectivity index (χ4n) is 0.955. The molecule has 0 aromatic heterocycles. The van der Waals surface area contributed by atoms with E-state index < -0.39 is 6.09 Å². The fraction of sp³-hybridized carbons (Fsp3) is 0.750. The third-order valence-electron chi connectivity index (χ3n) is 1.68. The molecule has 0 rings (SSSR count). The highest BCUT2D eigenvalue weighted by molar-refractivity contribution is 5.75. The molecule has 8 nitrogen and oxygen atoms in total. The highest BCUT2D eigenvalue weighted by Crippen LogP contribution is 1.90. The summed E-state index contributed by atoms with van der Waals surface area (Å²) in [5, 5.41) is 16.4. The number of rotatable bonds is 8. The molecule has 0 aliphatic carbocycles. The summed E-state index contributed by atoms with van der Waals surface area (Å²) in [6.07, 6.45) is 0.309. The number of carboxylic acid groups (broad SMARTS) is 1. The second-order valence-corrected chi connectivity index (χ2v) is 2.99. The molecule has 2 amide bonds. The van der Waals surface area contributed by atoms with Gasteiger partial charge in [0.05, 0.1) is 0 Å². The summed E-state index contributed by atoms with van der Waals surface area (Å²) in [7, 11) is 0. The lowest BCUT2D eigenvalue weighted by molar-refractivity contribution is -0.121. The van der Waals surface area contributed by atoms with Gasteiger partial charge in [-0.15, -0.1) is 0 Å². The van der Waals surface area contributed by atoms with Crippen molar-refractivity contribution in [1.82, 2.24) is 10.6 Å². The second-order valence-electron chi connectivity index (χ2n) is 2.99. The van der Waals surface area contributed by atoms with E-state index in [2.05, 4.69) is 20.7 Å².